The van der Waals surface area contributed by atoms with Gasteiger partial charge in [0, 0.05) is 49.5 Å². The van der Waals surface area contributed by atoms with E-state index in [0.29, 0.717) is 0 Å². The van der Waals surface area contributed by atoms with E-state index in [2.05, 4.69) is 87.3 Å². The maximum atomic E-state index is 5.60. The van der Waals surface area contributed by atoms with Crippen LogP contribution in [0.25, 0.3) is 0 Å². The lowest BCUT2D eigenvalue weighted by atomic mass is 10.3. The Labute approximate surface area is 195 Å². The van der Waals surface area contributed by atoms with Crippen molar-refractivity contribution in [3.05, 3.63) is 91.0 Å². The Bertz CT molecular complexity index is 912. The predicted molar refractivity (Wildman–Crippen MR) is 142 cm³/mol. The number of rotatable bonds is 7. The Balaban J connectivity index is 1.40. The minimum Gasteiger partial charge on any atom is -0.351 e. The molecule has 0 aliphatic carbocycles. The zero-order chi connectivity index (χ0) is 21.5. The Morgan fingerprint density at radius 1 is 0.871 bits per heavy atom. The molecule has 1 fully saturated rings. The molecule has 3 aromatic carbocycles. The van der Waals surface area contributed by atoms with Gasteiger partial charge in [0.1, 0.15) is 0 Å². The third-order valence-electron chi connectivity index (χ3n) is 5.05. The summed E-state index contributed by atoms with van der Waals surface area (Å²) in [6, 6.07) is 31.6. The molecule has 0 unspecified atom stereocenters. The summed E-state index contributed by atoms with van der Waals surface area (Å²) >= 11 is 7.63. The first-order valence-electron chi connectivity index (χ1n) is 10.4. The molecule has 0 atom stereocenters. The van der Waals surface area contributed by atoms with Crippen molar-refractivity contribution in [2.24, 2.45) is 0 Å². The smallest absolute Gasteiger partial charge is 0.173 e. The maximum absolute atomic E-state index is 5.60. The molecule has 0 spiro atoms. The average Bonchev–Trinajstić information content (AvgIpc) is 3.24. The van der Waals surface area contributed by atoms with Gasteiger partial charge >= 0.3 is 0 Å². The quantitative estimate of drug-likeness (QED) is 0.324. The molecule has 0 saturated carbocycles. The molecule has 7 heteroatoms. The highest BCUT2D eigenvalue weighted by Gasteiger charge is 2.33. The van der Waals surface area contributed by atoms with Gasteiger partial charge in [-0.15, -0.1) is 0 Å². The molecule has 31 heavy (non-hydrogen) atoms. The summed E-state index contributed by atoms with van der Waals surface area (Å²) in [7, 11) is 1.53. The molecule has 0 radical (unpaired) electrons. The zero-order valence-corrected chi connectivity index (χ0v) is 20.1. The Morgan fingerprint density at radius 3 is 1.87 bits per heavy atom. The molecule has 3 aromatic rings. The minimum atomic E-state index is -0.530. The van der Waals surface area contributed by atoms with Crippen LogP contribution in [0, 0.1) is 0 Å². The fourth-order valence-corrected chi connectivity index (χ4v) is 8.46. The van der Waals surface area contributed by atoms with E-state index in [4.69, 9.17) is 12.2 Å². The van der Waals surface area contributed by atoms with E-state index in [1.165, 1.54) is 11.4 Å². The van der Waals surface area contributed by atoms with Gasteiger partial charge in [-0.2, -0.15) is 0 Å². The largest absolute Gasteiger partial charge is 0.351 e. The third kappa shape index (κ3) is 5.70. The van der Waals surface area contributed by atoms with E-state index in [0.717, 1.165) is 36.2 Å². The monoisotopic (exact) mass is 466 g/mol. The van der Waals surface area contributed by atoms with Gasteiger partial charge in [0.2, 0.25) is 0 Å². The third-order valence-corrected chi connectivity index (χ3v) is 10.2. The van der Waals surface area contributed by atoms with Crippen LogP contribution >= 0.6 is 31.0 Å². The second kappa shape index (κ2) is 10.9. The van der Waals surface area contributed by atoms with Crippen LogP contribution in [-0.2, 0) is 0 Å². The van der Waals surface area contributed by atoms with Crippen LogP contribution in [-0.4, -0.2) is 42.4 Å². The van der Waals surface area contributed by atoms with Crippen molar-refractivity contribution < 1.29 is 0 Å². The van der Waals surface area contributed by atoms with Crippen LogP contribution in [0.5, 0.6) is 0 Å². The fourth-order valence-electron chi connectivity index (χ4n) is 3.39. The summed E-state index contributed by atoms with van der Waals surface area (Å²) in [6.07, 6.45) is 0. The van der Waals surface area contributed by atoms with Gasteiger partial charge in [-0.25, -0.2) is 0 Å². The van der Waals surface area contributed by atoms with Crippen molar-refractivity contribution in [1.29, 1.82) is 0 Å². The summed E-state index contributed by atoms with van der Waals surface area (Å²) < 4.78 is 5.13. The number of nitrogens with zero attached hydrogens (tertiary/aromatic N) is 3. The Hall–Kier alpha value is -2.27. The molecular weight excluding hydrogens is 439 g/mol. The first-order valence-corrected chi connectivity index (χ1v) is 13.6. The van der Waals surface area contributed by atoms with E-state index in [-0.39, 0.29) is 0 Å². The number of hydrogen-bond donors (Lipinski definition) is 1. The standard InChI is InChI=1S/C24H27N4PS2/c1-26(24(30)25-21-11-5-2-6-12-21)19-20-31-29-27(22-13-7-3-8-14-22)17-18-28(29)23-15-9-4-10-16-23/h2-16H,17-20H2,1H3,(H,25,30). The highest BCUT2D eigenvalue weighted by molar-refractivity contribution is 8.56. The van der Waals surface area contributed by atoms with Crippen molar-refractivity contribution >= 4 is 53.2 Å². The molecular formula is C24H27N4PS2. The maximum Gasteiger partial charge on any atom is 0.173 e. The molecule has 4 rings (SSSR count). The molecule has 0 aromatic heterocycles. The van der Waals surface area contributed by atoms with Gasteiger partial charge in [0.25, 0.3) is 0 Å². The SMILES string of the molecule is CN(CCSP1N(c2ccccc2)CCN1c1ccccc1)C(=S)Nc1ccccc1. The molecule has 1 saturated heterocycles. The van der Waals surface area contributed by atoms with Crippen LogP contribution in [0.4, 0.5) is 17.1 Å². The number of benzene rings is 3. The van der Waals surface area contributed by atoms with Gasteiger partial charge in [0.05, 0.1) is 0 Å². The fraction of sp³-hybridized carbons (Fsp3) is 0.208. The minimum absolute atomic E-state index is 0.530. The predicted octanol–water partition coefficient (Wildman–Crippen LogP) is 6.30. The highest BCUT2D eigenvalue weighted by Crippen LogP contribution is 2.61. The molecule has 1 aliphatic heterocycles. The van der Waals surface area contributed by atoms with Gasteiger partial charge in [-0.1, -0.05) is 66.0 Å². The van der Waals surface area contributed by atoms with E-state index in [1.807, 2.05) is 41.7 Å². The van der Waals surface area contributed by atoms with Crippen LogP contribution < -0.4 is 14.7 Å². The van der Waals surface area contributed by atoms with Crippen LogP contribution in [0.2, 0.25) is 0 Å². The normalized spacial score (nSPS) is 14.0. The molecule has 4 nitrogen and oxygen atoms in total. The van der Waals surface area contributed by atoms with Crippen molar-refractivity contribution in [3.63, 3.8) is 0 Å². The van der Waals surface area contributed by atoms with E-state index >= 15 is 0 Å². The molecule has 0 bridgehead atoms. The Kier molecular flexibility index (Phi) is 7.68. The number of hydrogen-bond acceptors (Lipinski definition) is 4. The van der Waals surface area contributed by atoms with Crippen molar-refractivity contribution in [2.45, 2.75) is 0 Å². The van der Waals surface area contributed by atoms with Crippen LogP contribution in [0.1, 0.15) is 0 Å². The van der Waals surface area contributed by atoms with Crippen molar-refractivity contribution in [1.82, 2.24) is 4.90 Å². The first kappa shape index (κ1) is 21.9. The molecule has 0 amide bonds. The van der Waals surface area contributed by atoms with E-state index in [1.54, 1.807) is 0 Å². The summed E-state index contributed by atoms with van der Waals surface area (Å²) in [5.41, 5.74) is 3.63. The molecule has 1 N–H and O–H groups in total. The number of anilines is 3. The lowest BCUT2D eigenvalue weighted by Gasteiger charge is -2.31. The van der Waals surface area contributed by atoms with Gasteiger partial charge in [-0.3, -0.25) is 0 Å². The lowest BCUT2D eigenvalue weighted by Crippen LogP contribution is -2.32. The van der Waals surface area contributed by atoms with Crippen molar-refractivity contribution in [2.75, 3.05) is 47.1 Å². The highest BCUT2D eigenvalue weighted by atomic mass is 32.7. The number of thiocarbonyl (C=S) groups is 1. The van der Waals surface area contributed by atoms with E-state index < -0.39 is 7.42 Å². The molecule has 160 valence electrons. The topological polar surface area (TPSA) is 21.8 Å². The van der Waals surface area contributed by atoms with Crippen LogP contribution in [0.3, 0.4) is 0 Å². The lowest BCUT2D eigenvalue weighted by molar-refractivity contribution is 0.549. The Morgan fingerprint density at radius 2 is 1.35 bits per heavy atom. The second-order valence-electron chi connectivity index (χ2n) is 7.22. The average molecular weight is 467 g/mol. The number of nitrogens with one attached hydrogen (secondary N) is 1. The van der Waals surface area contributed by atoms with Gasteiger partial charge in [-0.05, 0) is 48.6 Å². The summed E-state index contributed by atoms with van der Waals surface area (Å²) in [4.78, 5) is 2.13. The zero-order valence-electron chi connectivity index (χ0n) is 17.6. The summed E-state index contributed by atoms with van der Waals surface area (Å²) in [5.74, 6) is 1.01. The number of para-hydroxylation sites is 3. The van der Waals surface area contributed by atoms with Gasteiger partial charge in [0.15, 0.2) is 12.5 Å². The van der Waals surface area contributed by atoms with E-state index in [9.17, 15) is 0 Å². The van der Waals surface area contributed by atoms with Crippen molar-refractivity contribution in [3.8, 4) is 0 Å². The molecule has 1 aliphatic rings. The molecule has 1 heterocycles. The van der Waals surface area contributed by atoms with Crippen LogP contribution in [0.15, 0.2) is 91.0 Å². The second-order valence-corrected chi connectivity index (χ2v) is 11.5. The van der Waals surface area contributed by atoms with Gasteiger partial charge < -0.3 is 19.6 Å². The summed E-state index contributed by atoms with van der Waals surface area (Å²) in [6.45, 7) is 2.98. The first-order chi connectivity index (χ1) is 15.2. The summed E-state index contributed by atoms with van der Waals surface area (Å²) in [5, 5.41) is 4.08.